The molecular formula is C15H20O2. The first kappa shape index (κ1) is 12.2. The van der Waals surface area contributed by atoms with E-state index in [0.717, 1.165) is 30.6 Å². The molecule has 0 aromatic heterocycles. The van der Waals surface area contributed by atoms with Crippen molar-refractivity contribution in [3.05, 3.63) is 29.8 Å². The lowest BCUT2D eigenvalue weighted by Crippen LogP contribution is -2.25. The van der Waals surface area contributed by atoms with Crippen LogP contribution < -0.4 is 4.74 Å². The highest BCUT2D eigenvalue weighted by molar-refractivity contribution is 5.84. The van der Waals surface area contributed by atoms with Gasteiger partial charge in [-0.1, -0.05) is 38.5 Å². The molecule has 2 heteroatoms. The second kappa shape index (κ2) is 5.35. The Bertz CT molecular complexity index is 371. The van der Waals surface area contributed by atoms with Gasteiger partial charge in [0, 0.05) is 12.8 Å². The first-order valence-corrected chi connectivity index (χ1v) is 6.44. The molecule has 1 unspecified atom stereocenters. The Labute approximate surface area is 103 Å². The van der Waals surface area contributed by atoms with Crippen LogP contribution in [-0.2, 0) is 11.2 Å². The maximum absolute atomic E-state index is 12.0. The van der Waals surface area contributed by atoms with Crippen LogP contribution in [0, 0.1) is 5.92 Å². The second-order valence-electron chi connectivity index (χ2n) is 5.17. The van der Waals surface area contributed by atoms with Crippen molar-refractivity contribution >= 4 is 5.78 Å². The normalized spacial score (nSPS) is 17.9. The quantitative estimate of drug-likeness (QED) is 0.778. The van der Waals surface area contributed by atoms with Crippen LogP contribution in [0.4, 0.5) is 0 Å². The second-order valence-corrected chi connectivity index (χ2v) is 5.17. The molecule has 0 fully saturated rings. The third-order valence-corrected chi connectivity index (χ3v) is 3.21. The molecule has 17 heavy (non-hydrogen) atoms. The molecule has 2 rings (SSSR count). The summed E-state index contributed by atoms with van der Waals surface area (Å²) in [6, 6.07) is 7.92. The van der Waals surface area contributed by atoms with Crippen LogP contribution in [0.3, 0.4) is 0 Å². The molecule has 1 aliphatic heterocycles. The van der Waals surface area contributed by atoms with Crippen molar-refractivity contribution in [2.24, 2.45) is 5.92 Å². The molecule has 92 valence electrons. The predicted molar refractivity (Wildman–Crippen MR) is 68.3 cm³/mol. The van der Waals surface area contributed by atoms with Gasteiger partial charge in [0.15, 0.2) is 11.9 Å². The number of fused-ring (bicyclic) bond motifs is 1. The standard InChI is InChI=1S/C15H20O2/c1-11(2)6-5-8-13(16)15-10-12-7-3-4-9-14(12)17-15/h3-4,7,9,11,15H,5-6,8,10H2,1-2H3. The number of ether oxygens (including phenoxy) is 1. The van der Waals surface area contributed by atoms with Crippen LogP contribution in [0.25, 0.3) is 0 Å². The summed E-state index contributed by atoms with van der Waals surface area (Å²) in [5, 5.41) is 0. The molecule has 0 amide bonds. The zero-order chi connectivity index (χ0) is 12.3. The van der Waals surface area contributed by atoms with Crippen LogP contribution in [0.1, 0.15) is 38.7 Å². The van der Waals surface area contributed by atoms with Crippen molar-refractivity contribution in [3.8, 4) is 5.75 Å². The summed E-state index contributed by atoms with van der Waals surface area (Å²) in [6.07, 6.45) is 3.26. The lowest BCUT2D eigenvalue weighted by atomic mass is 10.0. The zero-order valence-corrected chi connectivity index (χ0v) is 10.6. The van der Waals surface area contributed by atoms with Gasteiger partial charge in [0.05, 0.1) is 0 Å². The molecule has 0 spiro atoms. The zero-order valence-electron chi connectivity index (χ0n) is 10.6. The lowest BCUT2D eigenvalue weighted by molar-refractivity contribution is -0.125. The minimum Gasteiger partial charge on any atom is -0.482 e. The summed E-state index contributed by atoms with van der Waals surface area (Å²) < 4.78 is 5.68. The number of carbonyl (C=O) groups excluding carboxylic acids is 1. The number of carbonyl (C=O) groups is 1. The van der Waals surface area contributed by atoms with Crippen LogP contribution in [0.2, 0.25) is 0 Å². The van der Waals surface area contributed by atoms with Crippen molar-refractivity contribution in [1.29, 1.82) is 0 Å². The number of ketones is 1. The number of hydrogen-bond acceptors (Lipinski definition) is 2. The van der Waals surface area contributed by atoms with Gasteiger partial charge in [-0.2, -0.15) is 0 Å². The smallest absolute Gasteiger partial charge is 0.173 e. The Kier molecular flexibility index (Phi) is 3.82. The summed E-state index contributed by atoms with van der Waals surface area (Å²) in [5.41, 5.74) is 1.16. The van der Waals surface area contributed by atoms with Crippen LogP contribution in [0.15, 0.2) is 24.3 Å². The Balaban J connectivity index is 1.84. The van der Waals surface area contributed by atoms with E-state index in [1.165, 1.54) is 0 Å². The minimum absolute atomic E-state index is 0.237. The third kappa shape index (κ3) is 3.09. The van der Waals surface area contributed by atoms with Gasteiger partial charge in [-0.3, -0.25) is 4.79 Å². The Morgan fingerprint density at radius 3 is 2.88 bits per heavy atom. The number of rotatable bonds is 5. The fraction of sp³-hybridized carbons (Fsp3) is 0.533. The van der Waals surface area contributed by atoms with Crippen LogP contribution >= 0.6 is 0 Å². The van der Waals surface area contributed by atoms with Crippen LogP contribution in [0.5, 0.6) is 5.75 Å². The highest BCUT2D eigenvalue weighted by Gasteiger charge is 2.27. The van der Waals surface area contributed by atoms with E-state index in [1.807, 2.05) is 24.3 Å². The average molecular weight is 232 g/mol. The number of hydrogen-bond donors (Lipinski definition) is 0. The topological polar surface area (TPSA) is 26.3 Å². The van der Waals surface area contributed by atoms with Crippen molar-refractivity contribution in [2.45, 2.75) is 45.6 Å². The highest BCUT2D eigenvalue weighted by atomic mass is 16.5. The monoisotopic (exact) mass is 232 g/mol. The molecule has 0 N–H and O–H groups in total. The van der Waals surface area contributed by atoms with Gasteiger partial charge < -0.3 is 4.74 Å². The summed E-state index contributed by atoms with van der Waals surface area (Å²) >= 11 is 0. The van der Waals surface area contributed by atoms with Gasteiger partial charge in [0.1, 0.15) is 5.75 Å². The maximum atomic E-state index is 12.0. The summed E-state index contributed by atoms with van der Waals surface area (Å²) in [5.74, 6) is 1.81. The number of benzene rings is 1. The first-order valence-electron chi connectivity index (χ1n) is 6.44. The maximum Gasteiger partial charge on any atom is 0.173 e. The van der Waals surface area contributed by atoms with Crippen molar-refractivity contribution in [1.82, 2.24) is 0 Å². The summed E-state index contributed by atoms with van der Waals surface area (Å²) in [7, 11) is 0. The Hall–Kier alpha value is -1.31. The molecule has 1 aromatic carbocycles. The minimum atomic E-state index is -0.237. The SMILES string of the molecule is CC(C)CCCC(=O)C1Cc2ccccc2O1. The molecule has 1 atom stereocenters. The lowest BCUT2D eigenvalue weighted by Gasteiger charge is -2.10. The van der Waals surface area contributed by atoms with Crippen molar-refractivity contribution in [2.75, 3.05) is 0 Å². The van der Waals surface area contributed by atoms with Gasteiger partial charge in [-0.15, -0.1) is 0 Å². The largest absolute Gasteiger partial charge is 0.482 e. The van der Waals surface area contributed by atoms with E-state index >= 15 is 0 Å². The van der Waals surface area contributed by atoms with Gasteiger partial charge in [0.25, 0.3) is 0 Å². The molecule has 1 aromatic rings. The van der Waals surface area contributed by atoms with E-state index in [1.54, 1.807) is 0 Å². The van der Waals surface area contributed by atoms with Crippen molar-refractivity contribution < 1.29 is 9.53 Å². The summed E-state index contributed by atoms with van der Waals surface area (Å²) in [4.78, 5) is 12.0. The fourth-order valence-electron chi connectivity index (χ4n) is 2.21. The molecule has 2 nitrogen and oxygen atoms in total. The van der Waals surface area contributed by atoms with E-state index in [2.05, 4.69) is 13.8 Å². The number of para-hydroxylation sites is 1. The Morgan fingerprint density at radius 1 is 1.41 bits per heavy atom. The van der Waals surface area contributed by atoms with E-state index < -0.39 is 0 Å². The molecule has 1 aliphatic rings. The van der Waals surface area contributed by atoms with Gasteiger partial charge in [0.2, 0.25) is 0 Å². The number of Topliss-reactive ketones (excluding diaryl/α,β-unsaturated/α-hetero) is 1. The van der Waals surface area contributed by atoms with Gasteiger partial charge in [-0.25, -0.2) is 0 Å². The molecule has 0 saturated heterocycles. The highest BCUT2D eigenvalue weighted by Crippen LogP contribution is 2.29. The third-order valence-electron chi connectivity index (χ3n) is 3.21. The average Bonchev–Trinajstić information content (AvgIpc) is 2.71. The summed E-state index contributed by atoms with van der Waals surface area (Å²) in [6.45, 7) is 4.37. The van der Waals surface area contributed by atoms with Crippen LogP contribution in [-0.4, -0.2) is 11.9 Å². The predicted octanol–water partition coefficient (Wildman–Crippen LogP) is 3.39. The molecule has 0 radical (unpaired) electrons. The molecule has 0 bridgehead atoms. The molecular weight excluding hydrogens is 212 g/mol. The van der Waals surface area contributed by atoms with Crippen molar-refractivity contribution in [3.63, 3.8) is 0 Å². The molecule has 0 saturated carbocycles. The van der Waals surface area contributed by atoms with E-state index in [4.69, 9.17) is 4.74 Å². The van der Waals surface area contributed by atoms with Gasteiger partial charge >= 0.3 is 0 Å². The first-order chi connectivity index (χ1) is 8.16. The van der Waals surface area contributed by atoms with E-state index in [9.17, 15) is 4.79 Å². The van der Waals surface area contributed by atoms with E-state index in [-0.39, 0.29) is 11.9 Å². The molecule has 1 heterocycles. The van der Waals surface area contributed by atoms with E-state index in [0.29, 0.717) is 12.3 Å². The fourth-order valence-corrected chi connectivity index (χ4v) is 2.21. The molecule has 0 aliphatic carbocycles. The Morgan fingerprint density at radius 2 is 2.18 bits per heavy atom. The van der Waals surface area contributed by atoms with Gasteiger partial charge in [-0.05, 0) is 24.0 Å².